The molecule has 2 aliphatic rings. The van der Waals surface area contributed by atoms with Crippen LogP contribution in [0.1, 0.15) is 61.3 Å². The molecular weight excluding hydrogens is 296 g/mol. The van der Waals surface area contributed by atoms with Gasteiger partial charge in [-0.2, -0.15) is 0 Å². The average molecular weight is 328 g/mol. The maximum atomic E-state index is 12.2. The SMILES string of the molecule is CC(C)(C)OC1COC2COC(C)(CCC(=O)C(C)(C)C)OC21. The lowest BCUT2D eigenvalue weighted by molar-refractivity contribution is -0.315. The highest BCUT2D eigenvalue weighted by atomic mass is 16.7. The van der Waals surface area contributed by atoms with E-state index in [1.165, 1.54) is 0 Å². The standard InChI is InChI=1S/C18H32O5/c1-16(2,3)14(19)8-9-18(7)21-11-12-15(23-18)13(10-20-12)22-17(4,5)6/h12-13,15H,8-11H2,1-7H3. The summed E-state index contributed by atoms with van der Waals surface area (Å²) >= 11 is 0. The molecule has 0 aromatic heterocycles. The summed E-state index contributed by atoms with van der Waals surface area (Å²) in [5.41, 5.74) is -0.578. The third-order valence-electron chi connectivity index (χ3n) is 4.29. The first kappa shape index (κ1) is 18.8. The average Bonchev–Trinajstić information content (AvgIpc) is 2.75. The van der Waals surface area contributed by atoms with Crippen LogP contribution in [0.3, 0.4) is 0 Å². The van der Waals surface area contributed by atoms with Gasteiger partial charge in [0.15, 0.2) is 5.79 Å². The Balaban J connectivity index is 1.96. The predicted molar refractivity (Wildman–Crippen MR) is 87.3 cm³/mol. The molecule has 0 aromatic rings. The first-order chi connectivity index (χ1) is 10.4. The number of ketones is 1. The highest BCUT2D eigenvalue weighted by Gasteiger charge is 2.49. The third-order valence-corrected chi connectivity index (χ3v) is 4.29. The molecule has 23 heavy (non-hydrogen) atoms. The van der Waals surface area contributed by atoms with Crippen LogP contribution in [0.25, 0.3) is 0 Å². The van der Waals surface area contributed by atoms with Crippen molar-refractivity contribution >= 4 is 5.78 Å². The maximum absolute atomic E-state index is 12.2. The van der Waals surface area contributed by atoms with Crippen LogP contribution in [0, 0.1) is 5.41 Å². The molecule has 0 saturated carbocycles. The van der Waals surface area contributed by atoms with Gasteiger partial charge in [0.1, 0.15) is 24.1 Å². The molecule has 2 heterocycles. The Bertz CT molecular complexity index is 434. The minimum absolute atomic E-state index is 0.0891. The van der Waals surface area contributed by atoms with Gasteiger partial charge in [0.25, 0.3) is 0 Å². The van der Waals surface area contributed by atoms with E-state index in [0.717, 1.165) is 0 Å². The Morgan fingerprint density at radius 3 is 2.39 bits per heavy atom. The molecule has 2 fully saturated rings. The summed E-state index contributed by atoms with van der Waals surface area (Å²) in [6.07, 6.45) is 0.672. The van der Waals surface area contributed by atoms with E-state index in [1.807, 2.05) is 48.5 Å². The van der Waals surface area contributed by atoms with Gasteiger partial charge in [-0.05, 0) is 27.7 Å². The molecule has 2 saturated heterocycles. The van der Waals surface area contributed by atoms with Crippen molar-refractivity contribution in [1.82, 2.24) is 0 Å². The second-order valence-corrected chi connectivity index (χ2v) is 8.84. The molecule has 134 valence electrons. The van der Waals surface area contributed by atoms with E-state index in [0.29, 0.717) is 26.1 Å². The highest BCUT2D eigenvalue weighted by molar-refractivity contribution is 5.83. The molecule has 5 nitrogen and oxygen atoms in total. The van der Waals surface area contributed by atoms with Gasteiger partial charge in [-0.15, -0.1) is 0 Å². The Kier molecular flexibility index (Phi) is 5.27. The van der Waals surface area contributed by atoms with Crippen molar-refractivity contribution in [2.75, 3.05) is 13.2 Å². The number of fused-ring (bicyclic) bond motifs is 1. The molecule has 4 unspecified atom stereocenters. The molecule has 0 spiro atoms. The monoisotopic (exact) mass is 328 g/mol. The van der Waals surface area contributed by atoms with Gasteiger partial charge >= 0.3 is 0 Å². The zero-order valence-electron chi connectivity index (χ0n) is 15.6. The summed E-state index contributed by atoms with van der Waals surface area (Å²) in [5, 5.41) is 0. The van der Waals surface area contributed by atoms with Crippen LogP contribution in [0.2, 0.25) is 0 Å². The Morgan fingerprint density at radius 2 is 1.83 bits per heavy atom. The normalized spacial score (nSPS) is 35.2. The summed E-state index contributed by atoms with van der Waals surface area (Å²) < 4.78 is 23.9. The lowest BCUT2D eigenvalue weighted by Gasteiger charge is -2.42. The van der Waals surface area contributed by atoms with Crippen molar-refractivity contribution in [3.63, 3.8) is 0 Å². The van der Waals surface area contributed by atoms with E-state index in [-0.39, 0.29) is 35.1 Å². The topological polar surface area (TPSA) is 54.0 Å². The van der Waals surface area contributed by atoms with E-state index in [2.05, 4.69) is 0 Å². The minimum Gasteiger partial charge on any atom is -0.370 e. The largest absolute Gasteiger partial charge is 0.370 e. The third kappa shape index (κ3) is 4.99. The van der Waals surface area contributed by atoms with Crippen LogP contribution in [0.5, 0.6) is 0 Å². The van der Waals surface area contributed by atoms with E-state index in [9.17, 15) is 4.79 Å². The zero-order chi connectivity index (χ0) is 17.5. The molecule has 0 radical (unpaired) electrons. The molecule has 5 heteroatoms. The van der Waals surface area contributed by atoms with Crippen LogP contribution in [0.15, 0.2) is 0 Å². The highest BCUT2D eigenvalue weighted by Crippen LogP contribution is 2.36. The molecular formula is C18H32O5. The molecule has 0 N–H and O–H groups in total. The fraction of sp³-hybridized carbons (Fsp3) is 0.944. The number of rotatable bonds is 4. The number of hydrogen-bond acceptors (Lipinski definition) is 5. The van der Waals surface area contributed by atoms with E-state index < -0.39 is 5.79 Å². The number of hydrogen-bond donors (Lipinski definition) is 0. The van der Waals surface area contributed by atoms with Crippen molar-refractivity contribution in [1.29, 1.82) is 0 Å². The predicted octanol–water partition coefficient (Wildman–Crippen LogP) is 3.10. The summed E-state index contributed by atoms with van der Waals surface area (Å²) in [7, 11) is 0. The second-order valence-electron chi connectivity index (χ2n) is 8.84. The van der Waals surface area contributed by atoms with Crippen LogP contribution in [-0.4, -0.2) is 48.7 Å². The Labute approximate surface area is 140 Å². The molecule has 0 bridgehead atoms. The fourth-order valence-corrected chi connectivity index (χ4v) is 2.92. The molecule has 2 aliphatic heterocycles. The molecule has 0 amide bonds. The number of carbonyl (C=O) groups excluding carboxylic acids is 1. The minimum atomic E-state index is -0.755. The first-order valence-corrected chi connectivity index (χ1v) is 8.54. The molecule has 2 rings (SSSR count). The number of carbonyl (C=O) groups is 1. The van der Waals surface area contributed by atoms with E-state index in [1.54, 1.807) is 0 Å². The maximum Gasteiger partial charge on any atom is 0.166 e. The summed E-state index contributed by atoms with van der Waals surface area (Å²) in [4.78, 5) is 12.2. The van der Waals surface area contributed by atoms with Crippen molar-refractivity contribution in [2.24, 2.45) is 5.41 Å². The smallest absolute Gasteiger partial charge is 0.166 e. The van der Waals surface area contributed by atoms with Crippen LogP contribution in [-0.2, 0) is 23.7 Å². The number of Topliss-reactive ketones (excluding diaryl/α,β-unsaturated/α-hetero) is 1. The van der Waals surface area contributed by atoms with Gasteiger partial charge in [0.2, 0.25) is 0 Å². The van der Waals surface area contributed by atoms with Crippen molar-refractivity contribution in [2.45, 2.75) is 91.0 Å². The molecule has 0 aromatic carbocycles. The van der Waals surface area contributed by atoms with E-state index in [4.69, 9.17) is 18.9 Å². The summed E-state index contributed by atoms with van der Waals surface area (Å²) in [5.74, 6) is -0.534. The van der Waals surface area contributed by atoms with Crippen molar-refractivity contribution in [3.05, 3.63) is 0 Å². The van der Waals surface area contributed by atoms with Gasteiger partial charge < -0.3 is 18.9 Å². The lowest BCUT2D eigenvalue weighted by atomic mass is 9.87. The summed E-state index contributed by atoms with van der Waals surface area (Å²) in [6, 6.07) is 0. The van der Waals surface area contributed by atoms with Gasteiger partial charge in [0, 0.05) is 18.3 Å². The quantitative estimate of drug-likeness (QED) is 0.794. The molecule has 4 atom stereocenters. The Hall–Kier alpha value is -0.490. The number of ether oxygens (including phenoxy) is 4. The second kappa shape index (κ2) is 6.43. The van der Waals surface area contributed by atoms with Gasteiger partial charge in [-0.3, -0.25) is 4.79 Å². The molecule has 0 aliphatic carbocycles. The first-order valence-electron chi connectivity index (χ1n) is 8.54. The van der Waals surface area contributed by atoms with E-state index >= 15 is 0 Å². The van der Waals surface area contributed by atoms with Gasteiger partial charge in [-0.25, -0.2) is 0 Å². The van der Waals surface area contributed by atoms with Crippen molar-refractivity contribution < 1.29 is 23.7 Å². The summed E-state index contributed by atoms with van der Waals surface area (Å²) in [6.45, 7) is 14.8. The van der Waals surface area contributed by atoms with Gasteiger partial charge in [-0.1, -0.05) is 20.8 Å². The fourth-order valence-electron chi connectivity index (χ4n) is 2.92. The zero-order valence-corrected chi connectivity index (χ0v) is 15.6. The lowest BCUT2D eigenvalue weighted by Crippen LogP contribution is -2.53. The Morgan fingerprint density at radius 1 is 1.17 bits per heavy atom. The van der Waals surface area contributed by atoms with Crippen LogP contribution < -0.4 is 0 Å². The van der Waals surface area contributed by atoms with Crippen LogP contribution >= 0.6 is 0 Å². The van der Waals surface area contributed by atoms with Gasteiger partial charge in [0.05, 0.1) is 18.8 Å². The van der Waals surface area contributed by atoms with Crippen molar-refractivity contribution in [3.8, 4) is 0 Å². The van der Waals surface area contributed by atoms with Crippen LogP contribution in [0.4, 0.5) is 0 Å².